The Morgan fingerprint density at radius 1 is 1.39 bits per heavy atom. The summed E-state index contributed by atoms with van der Waals surface area (Å²) in [6.45, 7) is 7.60. The molecule has 2 heterocycles. The van der Waals surface area contributed by atoms with E-state index in [2.05, 4.69) is 10.2 Å². The van der Waals surface area contributed by atoms with Gasteiger partial charge in [-0.1, -0.05) is 26.0 Å². The number of nitro groups is 1. The van der Waals surface area contributed by atoms with Gasteiger partial charge in [-0.15, -0.1) is 0 Å². The van der Waals surface area contributed by atoms with E-state index in [0.717, 1.165) is 24.2 Å². The summed E-state index contributed by atoms with van der Waals surface area (Å²) in [7, 11) is 0. The maximum Gasteiger partial charge on any atom is 0.317 e. The van der Waals surface area contributed by atoms with Gasteiger partial charge in [0, 0.05) is 44.4 Å². The number of piperazine rings is 1. The molecule has 2 saturated heterocycles. The van der Waals surface area contributed by atoms with Crippen LogP contribution >= 0.6 is 0 Å². The Bertz CT molecular complexity index is 632. The number of nitrogens with zero attached hydrogens (tertiary/aromatic N) is 3. The number of amides is 2. The summed E-state index contributed by atoms with van der Waals surface area (Å²) < 4.78 is 0. The molecule has 1 N–H and O–H groups in total. The molecule has 0 aromatic heterocycles. The molecule has 1 atom stereocenters. The fraction of sp³-hybridized carbons (Fsp3) is 0.562. The Hall–Kier alpha value is -2.15. The van der Waals surface area contributed by atoms with Gasteiger partial charge in [0.1, 0.15) is 0 Å². The van der Waals surface area contributed by atoms with Crippen LogP contribution in [0.5, 0.6) is 0 Å². The van der Waals surface area contributed by atoms with Gasteiger partial charge in [0.2, 0.25) is 0 Å². The molecule has 2 amide bonds. The third-order valence-electron chi connectivity index (χ3n) is 4.64. The number of benzene rings is 1. The molecule has 7 heteroatoms. The molecule has 124 valence electrons. The van der Waals surface area contributed by atoms with E-state index in [1.165, 1.54) is 0 Å². The average molecular weight is 318 g/mol. The van der Waals surface area contributed by atoms with Crippen LogP contribution in [0.1, 0.15) is 30.9 Å². The Morgan fingerprint density at radius 3 is 2.87 bits per heavy atom. The number of rotatable bonds is 4. The summed E-state index contributed by atoms with van der Waals surface area (Å²) in [6, 6.07) is 5.77. The smallest absolute Gasteiger partial charge is 0.317 e. The van der Waals surface area contributed by atoms with Gasteiger partial charge < -0.3 is 10.2 Å². The molecule has 7 nitrogen and oxygen atoms in total. The van der Waals surface area contributed by atoms with Crippen LogP contribution in [0.2, 0.25) is 0 Å². The van der Waals surface area contributed by atoms with Gasteiger partial charge in [0.25, 0.3) is 5.69 Å². The molecule has 2 aliphatic heterocycles. The third-order valence-corrected chi connectivity index (χ3v) is 4.64. The second-order valence-corrected chi connectivity index (χ2v) is 6.57. The van der Waals surface area contributed by atoms with Crippen LogP contribution in [-0.4, -0.2) is 53.0 Å². The van der Waals surface area contributed by atoms with Crippen molar-refractivity contribution in [1.82, 2.24) is 15.1 Å². The standard InChI is InChI=1S/C16H22N4O3/c1-11(2)14-4-3-12(7-15(14)20(22)23)9-18-5-6-19-13(10-18)8-17-16(19)21/h3-4,7,11,13H,5-6,8-10H2,1-2H3,(H,17,21)/t13-/m1/s1. The van der Waals surface area contributed by atoms with E-state index in [-0.39, 0.29) is 28.6 Å². The monoisotopic (exact) mass is 318 g/mol. The Kier molecular flexibility index (Phi) is 4.21. The van der Waals surface area contributed by atoms with Crippen LogP contribution in [0.25, 0.3) is 0 Å². The highest BCUT2D eigenvalue weighted by Crippen LogP contribution is 2.28. The lowest BCUT2D eigenvalue weighted by Crippen LogP contribution is -2.51. The van der Waals surface area contributed by atoms with E-state index in [4.69, 9.17) is 0 Å². The predicted molar refractivity (Wildman–Crippen MR) is 86.4 cm³/mol. The summed E-state index contributed by atoms with van der Waals surface area (Å²) in [5, 5.41) is 14.2. The van der Waals surface area contributed by atoms with E-state index in [9.17, 15) is 14.9 Å². The van der Waals surface area contributed by atoms with Gasteiger partial charge in [0.05, 0.1) is 11.0 Å². The van der Waals surface area contributed by atoms with Crippen molar-refractivity contribution in [3.63, 3.8) is 0 Å². The first-order valence-corrected chi connectivity index (χ1v) is 7.99. The van der Waals surface area contributed by atoms with E-state index >= 15 is 0 Å². The third kappa shape index (κ3) is 3.14. The minimum absolute atomic E-state index is 0.0200. The summed E-state index contributed by atoms with van der Waals surface area (Å²) in [5.74, 6) is 0.128. The zero-order chi connectivity index (χ0) is 16.6. The number of nitrogens with one attached hydrogen (secondary N) is 1. The van der Waals surface area contributed by atoms with Crippen molar-refractivity contribution in [3.8, 4) is 0 Å². The predicted octanol–water partition coefficient (Wildman–Crippen LogP) is 1.93. The number of hydrogen-bond acceptors (Lipinski definition) is 4. The summed E-state index contributed by atoms with van der Waals surface area (Å²) in [5.41, 5.74) is 1.93. The molecule has 23 heavy (non-hydrogen) atoms. The van der Waals surface area contributed by atoms with E-state index in [1.807, 2.05) is 30.9 Å². The molecule has 2 aliphatic rings. The Labute approximate surface area is 135 Å². The van der Waals surface area contributed by atoms with Crippen molar-refractivity contribution in [1.29, 1.82) is 0 Å². The van der Waals surface area contributed by atoms with Gasteiger partial charge >= 0.3 is 6.03 Å². The molecule has 0 unspecified atom stereocenters. The zero-order valence-electron chi connectivity index (χ0n) is 13.5. The van der Waals surface area contributed by atoms with Crippen molar-refractivity contribution in [3.05, 3.63) is 39.4 Å². The molecule has 3 rings (SSSR count). The van der Waals surface area contributed by atoms with Crippen molar-refractivity contribution in [2.75, 3.05) is 26.2 Å². The highest BCUT2D eigenvalue weighted by atomic mass is 16.6. The minimum atomic E-state index is -0.295. The topological polar surface area (TPSA) is 78.7 Å². The minimum Gasteiger partial charge on any atom is -0.336 e. The van der Waals surface area contributed by atoms with Gasteiger partial charge in [-0.05, 0) is 11.5 Å². The molecule has 0 bridgehead atoms. The number of carbonyl (C=O) groups is 1. The first kappa shape index (κ1) is 15.7. The SMILES string of the molecule is CC(C)c1ccc(CN2CCN3C(=O)NC[C@@H]3C2)cc1[N+](=O)[O-]. The van der Waals surface area contributed by atoms with E-state index in [1.54, 1.807) is 6.07 Å². The molecular weight excluding hydrogens is 296 g/mol. The number of urea groups is 1. The van der Waals surface area contributed by atoms with Crippen molar-refractivity contribution >= 4 is 11.7 Å². The first-order valence-electron chi connectivity index (χ1n) is 7.99. The van der Waals surface area contributed by atoms with Crippen LogP contribution in [-0.2, 0) is 6.54 Å². The van der Waals surface area contributed by atoms with Crippen LogP contribution < -0.4 is 5.32 Å². The van der Waals surface area contributed by atoms with Crippen LogP contribution in [0, 0.1) is 10.1 Å². The van der Waals surface area contributed by atoms with Gasteiger partial charge in [-0.3, -0.25) is 15.0 Å². The largest absolute Gasteiger partial charge is 0.336 e. The molecule has 0 spiro atoms. The van der Waals surface area contributed by atoms with Crippen LogP contribution in [0.3, 0.4) is 0 Å². The molecule has 1 aromatic rings. The van der Waals surface area contributed by atoms with Crippen LogP contribution in [0.15, 0.2) is 18.2 Å². The molecule has 0 radical (unpaired) electrons. The maximum absolute atomic E-state index is 11.6. The van der Waals surface area contributed by atoms with Crippen molar-refractivity contribution in [2.24, 2.45) is 0 Å². The number of carbonyl (C=O) groups excluding carboxylic acids is 1. The average Bonchev–Trinajstić information content (AvgIpc) is 2.88. The summed E-state index contributed by atoms with van der Waals surface area (Å²) >= 11 is 0. The second-order valence-electron chi connectivity index (χ2n) is 6.57. The van der Waals surface area contributed by atoms with E-state index in [0.29, 0.717) is 19.6 Å². The first-order chi connectivity index (χ1) is 11.0. The highest BCUT2D eigenvalue weighted by Gasteiger charge is 2.35. The van der Waals surface area contributed by atoms with Crippen LogP contribution in [0.4, 0.5) is 10.5 Å². The lowest BCUT2D eigenvalue weighted by atomic mass is 9.99. The van der Waals surface area contributed by atoms with Gasteiger partial charge in [-0.2, -0.15) is 0 Å². The lowest BCUT2D eigenvalue weighted by Gasteiger charge is -2.36. The second kappa shape index (κ2) is 6.16. The van der Waals surface area contributed by atoms with E-state index < -0.39 is 0 Å². The normalized spacial score (nSPS) is 21.4. The number of nitro benzene ring substituents is 1. The summed E-state index contributed by atoms with van der Waals surface area (Å²) in [4.78, 5) is 26.8. The lowest BCUT2D eigenvalue weighted by molar-refractivity contribution is -0.385. The Balaban J connectivity index is 1.72. The fourth-order valence-electron chi connectivity index (χ4n) is 3.40. The molecule has 1 aromatic carbocycles. The summed E-state index contributed by atoms with van der Waals surface area (Å²) in [6.07, 6.45) is 0. The number of fused-ring (bicyclic) bond motifs is 1. The molecule has 0 saturated carbocycles. The quantitative estimate of drug-likeness (QED) is 0.679. The maximum atomic E-state index is 11.6. The number of hydrogen-bond donors (Lipinski definition) is 1. The van der Waals surface area contributed by atoms with Crippen molar-refractivity contribution < 1.29 is 9.72 Å². The van der Waals surface area contributed by atoms with Crippen molar-refractivity contribution in [2.45, 2.75) is 32.4 Å². The van der Waals surface area contributed by atoms with Gasteiger partial charge in [0.15, 0.2) is 0 Å². The Morgan fingerprint density at radius 2 is 2.17 bits per heavy atom. The highest BCUT2D eigenvalue weighted by molar-refractivity contribution is 5.77. The molecular formula is C16H22N4O3. The zero-order valence-corrected chi connectivity index (χ0v) is 13.5. The molecule has 0 aliphatic carbocycles. The van der Waals surface area contributed by atoms with Gasteiger partial charge in [-0.25, -0.2) is 4.79 Å². The fourth-order valence-corrected chi connectivity index (χ4v) is 3.40. The molecule has 2 fully saturated rings.